The van der Waals surface area contributed by atoms with Gasteiger partial charge in [-0.15, -0.1) is 5.11 Å². The van der Waals surface area contributed by atoms with Gasteiger partial charge in [0.1, 0.15) is 17.0 Å². The van der Waals surface area contributed by atoms with Crippen molar-refractivity contribution in [1.29, 1.82) is 0 Å². The maximum atomic E-state index is 13.4. The topological polar surface area (TPSA) is 104 Å². The summed E-state index contributed by atoms with van der Waals surface area (Å²) in [7, 11) is 0. The lowest BCUT2D eigenvalue weighted by Crippen LogP contribution is -2.57. The molecular formula is C33H36N4O4. The van der Waals surface area contributed by atoms with Gasteiger partial charge in [0.05, 0.1) is 0 Å². The van der Waals surface area contributed by atoms with Crippen molar-refractivity contribution in [2.75, 3.05) is 6.67 Å². The number of carbonyl (C=O) groups is 2. The van der Waals surface area contributed by atoms with Crippen molar-refractivity contribution in [3.63, 3.8) is 0 Å². The van der Waals surface area contributed by atoms with Crippen LogP contribution in [0.25, 0.3) is 11.1 Å². The Labute approximate surface area is 240 Å². The fourth-order valence-electron chi connectivity index (χ4n) is 5.66. The van der Waals surface area contributed by atoms with Crippen LogP contribution in [0.15, 0.2) is 88.0 Å². The smallest absolute Gasteiger partial charge is 0.329 e. The summed E-state index contributed by atoms with van der Waals surface area (Å²) in [5.41, 5.74) is 2.42. The Balaban J connectivity index is 1.45. The number of unbranched alkanes of at least 4 members (excludes halogenated alkanes) is 1. The third-order valence-corrected chi connectivity index (χ3v) is 7.91. The van der Waals surface area contributed by atoms with Crippen LogP contribution in [0.5, 0.6) is 11.5 Å². The van der Waals surface area contributed by atoms with Crippen LogP contribution < -0.4 is 4.74 Å². The van der Waals surface area contributed by atoms with Crippen molar-refractivity contribution in [3.8, 4) is 22.6 Å². The number of nitrogens with zero attached hydrogens (tertiary/aromatic N) is 4. The van der Waals surface area contributed by atoms with Crippen LogP contribution in [0.3, 0.4) is 0 Å². The molecule has 41 heavy (non-hydrogen) atoms. The van der Waals surface area contributed by atoms with Crippen molar-refractivity contribution in [3.05, 3.63) is 83.9 Å². The molecule has 1 fully saturated rings. The third kappa shape index (κ3) is 6.37. The van der Waals surface area contributed by atoms with Gasteiger partial charge in [0.15, 0.2) is 12.5 Å². The number of para-hydroxylation sites is 1. The Morgan fingerprint density at radius 2 is 1.68 bits per heavy atom. The number of amides is 1. The molecule has 1 saturated carbocycles. The predicted molar refractivity (Wildman–Crippen MR) is 158 cm³/mol. The van der Waals surface area contributed by atoms with Crippen molar-refractivity contribution < 1.29 is 19.4 Å². The molecule has 2 aliphatic rings. The number of benzene rings is 3. The summed E-state index contributed by atoms with van der Waals surface area (Å²) in [6, 6.07) is 23.3. The molecule has 0 aromatic heterocycles. The summed E-state index contributed by atoms with van der Waals surface area (Å²) in [6.07, 6.45) is 5.60. The van der Waals surface area contributed by atoms with Crippen LogP contribution in [0, 0.1) is 0 Å². The zero-order chi connectivity index (χ0) is 28.7. The molecule has 8 heteroatoms. The molecule has 1 N–H and O–H groups in total. The second kappa shape index (κ2) is 12.9. The minimum Gasteiger partial charge on any atom is -0.479 e. The molecule has 0 radical (unpaired) electrons. The van der Waals surface area contributed by atoms with Gasteiger partial charge in [-0.2, -0.15) is 5.11 Å². The number of ether oxygens (including phenoxy) is 1. The molecular weight excluding hydrogens is 516 g/mol. The first kappa shape index (κ1) is 28.2. The van der Waals surface area contributed by atoms with E-state index >= 15 is 0 Å². The van der Waals surface area contributed by atoms with Gasteiger partial charge in [-0.1, -0.05) is 75.1 Å². The number of rotatable bonds is 11. The van der Waals surface area contributed by atoms with Crippen molar-refractivity contribution >= 4 is 17.7 Å². The van der Waals surface area contributed by atoms with E-state index in [2.05, 4.69) is 15.2 Å². The van der Waals surface area contributed by atoms with Crippen LogP contribution >= 0.6 is 0 Å². The first-order chi connectivity index (χ1) is 20.0. The number of carbonyl (C=O) groups excluding carboxylic acids is 1. The van der Waals surface area contributed by atoms with Crippen molar-refractivity contribution in [2.45, 2.75) is 70.4 Å². The molecule has 1 amide bonds. The molecule has 0 saturated heterocycles. The van der Waals surface area contributed by atoms with Crippen molar-refractivity contribution in [2.24, 2.45) is 15.2 Å². The van der Waals surface area contributed by atoms with E-state index in [0.29, 0.717) is 37.5 Å². The lowest BCUT2D eigenvalue weighted by atomic mass is 9.79. The summed E-state index contributed by atoms with van der Waals surface area (Å²) < 4.78 is 6.10. The highest BCUT2D eigenvalue weighted by Crippen LogP contribution is 2.37. The maximum absolute atomic E-state index is 13.4. The molecule has 8 nitrogen and oxygen atoms in total. The van der Waals surface area contributed by atoms with Crippen LogP contribution in [0.1, 0.15) is 69.4 Å². The second-order valence-electron chi connectivity index (χ2n) is 10.7. The van der Waals surface area contributed by atoms with E-state index in [-0.39, 0.29) is 12.5 Å². The summed E-state index contributed by atoms with van der Waals surface area (Å²) in [4.78, 5) is 32.1. The average molecular weight is 553 g/mol. The highest BCUT2D eigenvalue weighted by atomic mass is 16.5. The Kier molecular flexibility index (Phi) is 8.87. The van der Waals surface area contributed by atoms with E-state index in [1.165, 1.54) is 0 Å². The Hall–Kier alpha value is -4.33. The van der Waals surface area contributed by atoms with Gasteiger partial charge >= 0.3 is 5.97 Å². The molecule has 5 rings (SSSR count). The van der Waals surface area contributed by atoms with Gasteiger partial charge in [0.2, 0.25) is 5.91 Å². The molecule has 3 aromatic carbocycles. The van der Waals surface area contributed by atoms with Gasteiger partial charge in [-0.05, 0) is 66.3 Å². The average Bonchev–Trinajstić information content (AvgIpc) is 3.55. The maximum Gasteiger partial charge on any atom is 0.329 e. The highest BCUT2D eigenvalue weighted by molar-refractivity contribution is 6.05. The number of hydrogen-bond donors (Lipinski definition) is 1. The predicted octanol–water partition coefficient (Wildman–Crippen LogP) is 7.62. The number of aliphatic carboxylic acids is 1. The van der Waals surface area contributed by atoms with Crippen LogP contribution in [0.4, 0.5) is 0 Å². The Morgan fingerprint density at radius 3 is 2.34 bits per heavy atom. The monoisotopic (exact) mass is 552 g/mol. The van der Waals surface area contributed by atoms with E-state index < -0.39 is 11.5 Å². The number of amidine groups is 1. The lowest BCUT2D eigenvalue weighted by Gasteiger charge is -2.43. The number of carboxylic acids is 1. The lowest BCUT2D eigenvalue weighted by molar-refractivity contribution is -0.163. The Morgan fingerprint density at radius 1 is 0.927 bits per heavy atom. The fraction of sp³-hybridized carbons (Fsp3) is 0.364. The molecule has 3 aromatic rings. The quantitative estimate of drug-likeness (QED) is 0.264. The molecule has 0 spiro atoms. The van der Waals surface area contributed by atoms with Gasteiger partial charge < -0.3 is 14.7 Å². The Bertz CT molecular complexity index is 1430. The summed E-state index contributed by atoms with van der Waals surface area (Å²) >= 11 is 0. The van der Waals surface area contributed by atoms with Crippen LogP contribution in [-0.2, 0) is 16.1 Å². The molecule has 212 valence electrons. The normalized spacial score (nSPS) is 15.8. The minimum atomic E-state index is -1.15. The number of carboxylic acid groups (broad SMARTS) is 1. The standard InChI is InChI=1S/C33H36N4O4/c1-2-3-12-30(38)37(33(32(39)40)19-8-5-9-20-33)22-24-13-15-25(16-14-24)29-21-27(41-26-10-6-4-7-11-26)17-18-28(29)31-34-23-35-36-31/h4,6-7,10-11,13-18,21H,2-3,5,8-9,12,19-20,22-23H2,1H3,(H,39,40). The first-order valence-corrected chi connectivity index (χ1v) is 14.4. The molecule has 0 atom stereocenters. The molecule has 1 heterocycles. The van der Waals surface area contributed by atoms with E-state index in [0.717, 1.165) is 60.1 Å². The van der Waals surface area contributed by atoms with E-state index in [1.807, 2.05) is 79.7 Å². The molecule has 1 aliphatic heterocycles. The molecule has 0 bridgehead atoms. The van der Waals surface area contributed by atoms with Crippen LogP contribution in [0.2, 0.25) is 0 Å². The third-order valence-electron chi connectivity index (χ3n) is 7.91. The zero-order valence-corrected chi connectivity index (χ0v) is 23.5. The molecule has 1 aliphatic carbocycles. The number of aliphatic imine (C=N–C) groups is 1. The highest BCUT2D eigenvalue weighted by Gasteiger charge is 2.46. The molecule has 0 unspecified atom stereocenters. The van der Waals surface area contributed by atoms with E-state index in [1.54, 1.807) is 4.90 Å². The second-order valence-corrected chi connectivity index (χ2v) is 10.7. The summed E-state index contributed by atoms with van der Waals surface area (Å²) in [5, 5.41) is 18.6. The zero-order valence-electron chi connectivity index (χ0n) is 23.5. The SMILES string of the molecule is CCCCC(=O)N(Cc1ccc(-c2cc(Oc3ccccc3)ccc2C2=NCN=N2)cc1)C1(C(=O)O)CCCCC1. The summed E-state index contributed by atoms with van der Waals surface area (Å²) in [6.45, 7) is 2.61. The number of hydrogen-bond acceptors (Lipinski definition) is 6. The van der Waals surface area contributed by atoms with Gasteiger partial charge in [-0.3, -0.25) is 4.79 Å². The van der Waals surface area contributed by atoms with Gasteiger partial charge in [0, 0.05) is 18.5 Å². The van der Waals surface area contributed by atoms with E-state index in [4.69, 9.17) is 4.74 Å². The minimum absolute atomic E-state index is 0.0853. The first-order valence-electron chi connectivity index (χ1n) is 14.4. The van der Waals surface area contributed by atoms with E-state index in [9.17, 15) is 14.7 Å². The summed E-state index contributed by atoms with van der Waals surface area (Å²) in [5.74, 6) is 1.01. The van der Waals surface area contributed by atoms with Crippen molar-refractivity contribution in [1.82, 2.24) is 4.90 Å². The fourth-order valence-corrected chi connectivity index (χ4v) is 5.66. The van der Waals surface area contributed by atoms with Crippen LogP contribution in [-0.4, -0.2) is 39.9 Å². The van der Waals surface area contributed by atoms with Gasteiger partial charge in [0.25, 0.3) is 0 Å². The number of azo groups is 1. The van der Waals surface area contributed by atoms with Gasteiger partial charge in [-0.25, -0.2) is 9.79 Å². The largest absolute Gasteiger partial charge is 0.479 e.